The smallest absolute Gasteiger partial charge is 0.196 e. The maximum absolute atomic E-state index is 12.7. The van der Waals surface area contributed by atoms with E-state index in [9.17, 15) is 25.2 Å². The van der Waals surface area contributed by atoms with Crippen LogP contribution < -0.4 is 5.43 Å². The second kappa shape index (κ2) is 7.48. The molecule has 0 saturated carbocycles. The van der Waals surface area contributed by atoms with Crippen LogP contribution in [-0.4, -0.2) is 20.4 Å². The quantitative estimate of drug-likeness (QED) is 0.407. The first-order chi connectivity index (χ1) is 14.4. The highest BCUT2D eigenvalue weighted by Gasteiger charge is 2.24. The zero-order chi connectivity index (χ0) is 21.4. The molecule has 6 heteroatoms. The van der Waals surface area contributed by atoms with E-state index < -0.39 is 5.43 Å². The molecule has 0 atom stereocenters. The van der Waals surface area contributed by atoms with Crippen LogP contribution in [-0.2, 0) is 12.8 Å². The Hall–Kier alpha value is -3.93. The van der Waals surface area contributed by atoms with Gasteiger partial charge in [0.05, 0.1) is 0 Å². The van der Waals surface area contributed by atoms with E-state index >= 15 is 0 Å². The number of para-hydroxylation sites is 2. The molecule has 1 aromatic heterocycles. The predicted octanol–water partition coefficient (Wildman–Crippen LogP) is 4.11. The molecule has 4 rings (SSSR count). The van der Waals surface area contributed by atoms with Crippen LogP contribution in [0.4, 0.5) is 0 Å². The molecule has 0 saturated heterocycles. The highest BCUT2D eigenvalue weighted by Crippen LogP contribution is 2.42. The van der Waals surface area contributed by atoms with Crippen molar-refractivity contribution in [3.05, 3.63) is 92.8 Å². The first-order valence-corrected chi connectivity index (χ1v) is 9.40. The fourth-order valence-corrected chi connectivity index (χ4v) is 3.63. The van der Waals surface area contributed by atoms with Gasteiger partial charge in [-0.2, -0.15) is 0 Å². The second-order valence-electron chi connectivity index (χ2n) is 7.19. The predicted molar refractivity (Wildman–Crippen MR) is 112 cm³/mol. The van der Waals surface area contributed by atoms with Crippen molar-refractivity contribution in [1.29, 1.82) is 0 Å². The van der Waals surface area contributed by atoms with Crippen LogP contribution in [0.1, 0.15) is 28.0 Å². The summed E-state index contributed by atoms with van der Waals surface area (Å²) in [4.78, 5) is 12.7. The molecule has 0 aliphatic rings. The van der Waals surface area contributed by atoms with E-state index in [1.54, 1.807) is 43.3 Å². The topological polar surface area (TPSA) is 111 Å². The molecule has 0 bridgehead atoms. The van der Waals surface area contributed by atoms with E-state index in [2.05, 4.69) is 0 Å². The Morgan fingerprint density at radius 2 is 1.30 bits per heavy atom. The van der Waals surface area contributed by atoms with Crippen LogP contribution in [0.25, 0.3) is 11.0 Å². The van der Waals surface area contributed by atoms with Gasteiger partial charge in [-0.1, -0.05) is 36.4 Å². The molecular weight excluding hydrogens is 384 g/mol. The lowest BCUT2D eigenvalue weighted by Crippen LogP contribution is -2.06. The largest absolute Gasteiger partial charge is 0.508 e. The summed E-state index contributed by atoms with van der Waals surface area (Å²) in [6.07, 6.45) is 0.0802. The number of phenolic OH excluding ortho intramolecular Hbond substituents is 4. The molecule has 0 amide bonds. The van der Waals surface area contributed by atoms with Crippen LogP contribution in [0, 0.1) is 6.92 Å². The number of aromatic hydroxyl groups is 4. The van der Waals surface area contributed by atoms with Gasteiger partial charge in [0.15, 0.2) is 5.43 Å². The molecule has 0 fully saturated rings. The van der Waals surface area contributed by atoms with Crippen LogP contribution in [0.5, 0.6) is 23.0 Å². The van der Waals surface area contributed by atoms with E-state index in [0.717, 1.165) is 0 Å². The summed E-state index contributed by atoms with van der Waals surface area (Å²) in [6, 6.07) is 14.5. The average molecular weight is 404 g/mol. The Balaban J connectivity index is 2.00. The number of benzene rings is 3. The van der Waals surface area contributed by atoms with Crippen LogP contribution in [0.2, 0.25) is 0 Å². The van der Waals surface area contributed by atoms with E-state index in [1.165, 1.54) is 18.2 Å². The minimum atomic E-state index is -0.441. The summed E-state index contributed by atoms with van der Waals surface area (Å²) >= 11 is 0. The Kier molecular flexibility index (Phi) is 4.83. The molecule has 6 nitrogen and oxygen atoms in total. The SMILES string of the molecule is Cc1cc(=O)c2c(O)c(Cc3ccccc3O)c(O)c(Cc3ccccc3O)c2o1. The van der Waals surface area contributed by atoms with Gasteiger partial charge in [-0.15, -0.1) is 0 Å². The van der Waals surface area contributed by atoms with Crippen LogP contribution >= 0.6 is 0 Å². The lowest BCUT2D eigenvalue weighted by atomic mass is 9.93. The van der Waals surface area contributed by atoms with Crippen molar-refractivity contribution < 1.29 is 24.8 Å². The second-order valence-corrected chi connectivity index (χ2v) is 7.19. The highest BCUT2D eigenvalue weighted by molar-refractivity contribution is 5.90. The molecule has 4 N–H and O–H groups in total. The third kappa shape index (κ3) is 3.33. The van der Waals surface area contributed by atoms with Crippen molar-refractivity contribution in [2.75, 3.05) is 0 Å². The molecule has 4 aromatic rings. The van der Waals surface area contributed by atoms with E-state index in [-0.39, 0.29) is 57.9 Å². The molecule has 30 heavy (non-hydrogen) atoms. The summed E-state index contributed by atoms with van der Waals surface area (Å²) in [5, 5.41) is 42.2. The van der Waals surface area contributed by atoms with Crippen molar-refractivity contribution in [1.82, 2.24) is 0 Å². The minimum Gasteiger partial charge on any atom is -0.508 e. The van der Waals surface area contributed by atoms with Gasteiger partial charge in [-0.25, -0.2) is 0 Å². The lowest BCUT2D eigenvalue weighted by Gasteiger charge is -2.16. The standard InChI is InChI=1S/C24H20O6/c1-13-10-20(27)21-23(29)16(11-14-6-2-4-8-18(14)25)22(28)17(24(21)30-13)12-15-7-3-5-9-19(15)26/h2-10,25-26,28-29H,11-12H2,1H3. The Morgan fingerprint density at radius 1 is 0.767 bits per heavy atom. The maximum atomic E-state index is 12.7. The molecule has 0 aliphatic carbocycles. The molecule has 3 aromatic carbocycles. The Bertz CT molecular complexity index is 1320. The van der Waals surface area contributed by atoms with Gasteiger partial charge in [0.25, 0.3) is 0 Å². The van der Waals surface area contributed by atoms with E-state index in [4.69, 9.17) is 4.42 Å². The monoisotopic (exact) mass is 404 g/mol. The van der Waals surface area contributed by atoms with Crippen molar-refractivity contribution in [3.8, 4) is 23.0 Å². The van der Waals surface area contributed by atoms with Gasteiger partial charge >= 0.3 is 0 Å². The third-order valence-electron chi connectivity index (χ3n) is 5.16. The van der Waals surface area contributed by atoms with Gasteiger partial charge in [0.2, 0.25) is 0 Å². The van der Waals surface area contributed by atoms with Gasteiger partial charge < -0.3 is 24.8 Å². The van der Waals surface area contributed by atoms with E-state index in [0.29, 0.717) is 16.9 Å². The fourth-order valence-electron chi connectivity index (χ4n) is 3.63. The number of hydrogen-bond acceptors (Lipinski definition) is 6. The van der Waals surface area contributed by atoms with Gasteiger partial charge in [-0.05, 0) is 30.2 Å². The van der Waals surface area contributed by atoms with Gasteiger partial charge in [0.1, 0.15) is 39.7 Å². The number of aryl methyl sites for hydroxylation is 1. The Morgan fingerprint density at radius 3 is 1.87 bits per heavy atom. The number of hydrogen-bond donors (Lipinski definition) is 4. The van der Waals surface area contributed by atoms with Crippen LogP contribution in [0.15, 0.2) is 63.8 Å². The molecule has 152 valence electrons. The summed E-state index contributed by atoms with van der Waals surface area (Å²) in [5.41, 5.74) is 1.01. The summed E-state index contributed by atoms with van der Waals surface area (Å²) in [6.45, 7) is 1.61. The van der Waals surface area contributed by atoms with Gasteiger partial charge in [-0.3, -0.25) is 4.79 Å². The molecule has 0 unspecified atom stereocenters. The summed E-state index contributed by atoms with van der Waals surface area (Å²) in [5.74, 6) is -0.260. The summed E-state index contributed by atoms with van der Waals surface area (Å²) < 4.78 is 5.73. The average Bonchev–Trinajstić information content (AvgIpc) is 2.70. The van der Waals surface area contributed by atoms with Crippen molar-refractivity contribution >= 4 is 11.0 Å². The van der Waals surface area contributed by atoms with Crippen molar-refractivity contribution in [3.63, 3.8) is 0 Å². The zero-order valence-corrected chi connectivity index (χ0v) is 16.2. The first-order valence-electron chi connectivity index (χ1n) is 9.40. The fraction of sp³-hybridized carbons (Fsp3) is 0.125. The third-order valence-corrected chi connectivity index (χ3v) is 5.16. The normalized spacial score (nSPS) is 11.1. The lowest BCUT2D eigenvalue weighted by molar-refractivity contribution is 0.434. The molecular formula is C24H20O6. The maximum Gasteiger partial charge on any atom is 0.196 e. The van der Waals surface area contributed by atoms with Crippen LogP contribution in [0.3, 0.4) is 0 Å². The molecule has 1 heterocycles. The molecule has 0 spiro atoms. The van der Waals surface area contributed by atoms with Crippen molar-refractivity contribution in [2.45, 2.75) is 19.8 Å². The number of fused-ring (bicyclic) bond motifs is 1. The summed E-state index contributed by atoms with van der Waals surface area (Å²) in [7, 11) is 0. The highest BCUT2D eigenvalue weighted by atomic mass is 16.3. The van der Waals surface area contributed by atoms with Crippen molar-refractivity contribution in [2.24, 2.45) is 0 Å². The number of rotatable bonds is 4. The minimum absolute atomic E-state index is 0.00136. The molecule has 0 aliphatic heterocycles. The zero-order valence-electron chi connectivity index (χ0n) is 16.2. The number of phenols is 4. The Labute approximate surface area is 171 Å². The molecule has 0 radical (unpaired) electrons. The van der Waals surface area contributed by atoms with Gasteiger partial charge in [0, 0.05) is 30.0 Å². The first kappa shape index (κ1) is 19.4. The van der Waals surface area contributed by atoms with E-state index in [1.807, 2.05) is 0 Å².